The molecular formula is C22H22N4OS. The first-order valence-corrected chi connectivity index (χ1v) is 10.2. The molecule has 4 rings (SSSR count). The lowest BCUT2D eigenvalue weighted by atomic mass is 10.1. The van der Waals surface area contributed by atoms with E-state index in [-0.39, 0.29) is 6.10 Å². The molecule has 0 fully saturated rings. The maximum Gasteiger partial charge on any atom is 0.210 e. The third-order valence-electron chi connectivity index (χ3n) is 4.37. The Morgan fingerprint density at radius 2 is 1.79 bits per heavy atom. The SMILES string of the molecule is CC(C)Oc1cccc(-c2nnc(SCc3cccc4ccccc34)n2N)c1. The molecule has 4 aromatic rings. The van der Waals surface area contributed by atoms with Crippen LogP contribution in [0, 0.1) is 0 Å². The van der Waals surface area contributed by atoms with Crippen LogP contribution in [-0.4, -0.2) is 21.0 Å². The molecule has 5 nitrogen and oxygen atoms in total. The van der Waals surface area contributed by atoms with Crippen LogP contribution in [-0.2, 0) is 5.75 Å². The van der Waals surface area contributed by atoms with E-state index in [1.165, 1.54) is 16.3 Å². The maximum atomic E-state index is 6.29. The molecule has 0 aliphatic carbocycles. The second kappa shape index (κ2) is 7.94. The van der Waals surface area contributed by atoms with Crippen molar-refractivity contribution in [3.63, 3.8) is 0 Å². The van der Waals surface area contributed by atoms with E-state index in [0.29, 0.717) is 11.0 Å². The summed E-state index contributed by atoms with van der Waals surface area (Å²) in [5, 5.41) is 11.7. The zero-order chi connectivity index (χ0) is 19.5. The van der Waals surface area contributed by atoms with Gasteiger partial charge in [0.2, 0.25) is 5.16 Å². The van der Waals surface area contributed by atoms with Gasteiger partial charge in [-0.1, -0.05) is 66.4 Å². The monoisotopic (exact) mass is 390 g/mol. The molecule has 0 saturated heterocycles. The van der Waals surface area contributed by atoms with E-state index in [0.717, 1.165) is 17.1 Å². The number of thioether (sulfide) groups is 1. The van der Waals surface area contributed by atoms with E-state index in [2.05, 4.69) is 52.7 Å². The minimum Gasteiger partial charge on any atom is -0.491 e. The topological polar surface area (TPSA) is 66.0 Å². The predicted octanol–water partition coefficient (Wildman–Crippen LogP) is 4.89. The summed E-state index contributed by atoms with van der Waals surface area (Å²) >= 11 is 1.58. The molecule has 6 heteroatoms. The van der Waals surface area contributed by atoms with Crippen LogP contribution in [0.5, 0.6) is 5.75 Å². The summed E-state index contributed by atoms with van der Waals surface area (Å²) in [6, 6.07) is 22.5. The minimum atomic E-state index is 0.109. The van der Waals surface area contributed by atoms with Gasteiger partial charge in [-0.3, -0.25) is 0 Å². The van der Waals surface area contributed by atoms with Gasteiger partial charge in [0, 0.05) is 11.3 Å². The smallest absolute Gasteiger partial charge is 0.210 e. The van der Waals surface area contributed by atoms with Crippen molar-refractivity contribution in [1.82, 2.24) is 14.9 Å². The van der Waals surface area contributed by atoms with E-state index >= 15 is 0 Å². The third-order valence-corrected chi connectivity index (χ3v) is 5.36. The quantitative estimate of drug-likeness (QED) is 0.375. The Kier molecular flexibility index (Phi) is 5.21. The number of benzene rings is 3. The lowest BCUT2D eigenvalue weighted by Crippen LogP contribution is -2.12. The van der Waals surface area contributed by atoms with Crippen LogP contribution in [0.25, 0.3) is 22.2 Å². The molecule has 0 bridgehead atoms. The Morgan fingerprint density at radius 1 is 1.00 bits per heavy atom. The number of hydrogen-bond donors (Lipinski definition) is 1. The first-order valence-electron chi connectivity index (χ1n) is 9.19. The molecule has 142 valence electrons. The fourth-order valence-corrected chi connectivity index (χ4v) is 3.97. The molecule has 28 heavy (non-hydrogen) atoms. The van der Waals surface area contributed by atoms with Crippen LogP contribution in [0.3, 0.4) is 0 Å². The molecule has 0 unspecified atom stereocenters. The van der Waals surface area contributed by atoms with Crippen LogP contribution in [0.1, 0.15) is 19.4 Å². The van der Waals surface area contributed by atoms with Gasteiger partial charge in [0.15, 0.2) is 5.82 Å². The second-order valence-electron chi connectivity index (χ2n) is 6.80. The average Bonchev–Trinajstić information content (AvgIpc) is 3.06. The fourth-order valence-electron chi connectivity index (χ4n) is 3.11. The van der Waals surface area contributed by atoms with E-state index in [9.17, 15) is 0 Å². The number of fused-ring (bicyclic) bond motifs is 1. The van der Waals surface area contributed by atoms with Crippen LogP contribution >= 0.6 is 11.8 Å². The summed E-state index contributed by atoms with van der Waals surface area (Å²) in [7, 11) is 0. The molecule has 1 heterocycles. The summed E-state index contributed by atoms with van der Waals surface area (Å²) in [5.41, 5.74) is 2.13. The zero-order valence-electron chi connectivity index (χ0n) is 15.9. The van der Waals surface area contributed by atoms with Crippen LogP contribution in [0.4, 0.5) is 0 Å². The molecule has 0 radical (unpaired) electrons. The number of nitrogen functional groups attached to an aromatic ring is 1. The lowest BCUT2D eigenvalue weighted by molar-refractivity contribution is 0.242. The molecule has 0 amide bonds. The Hall–Kier alpha value is -2.99. The van der Waals surface area contributed by atoms with Crippen molar-refractivity contribution in [2.75, 3.05) is 5.84 Å². The van der Waals surface area contributed by atoms with E-state index in [4.69, 9.17) is 10.6 Å². The van der Waals surface area contributed by atoms with Crippen LogP contribution in [0.2, 0.25) is 0 Å². The molecule has 0 aliphatic heterocycles. The predicted molar refractivity (Wildman–Crippen MR) is 115 cm³/mol. The van der Waals surface area contributed by atoms with Gasteiger partial charge in [-0.05, 0) is 42.3 Å². The Balaban J connectivity index is 1.56. The van der Waals surface area contributed by atoms with Gasteiger partial charge in [-0.25, -0.2) is 4.68 Å². The number of nitrogens with zero attached hydrogens (tertiary/aromatic N) is 3. The Morgan fingerprint density at radius 3 is 2.64 bits per heavy atom. The molecule has 0 spiro atoms. The minimum absolute atomic E-state index is 0.109. The van der Waals surface area contributed by atoms with Gasteiger partial charge in [-0.2, -0.15) is 0 Å². The van der Waals surface area contributed by atoms with Crippen molar-refractivity contribution in [2.45, 2.75) is 30.9 Å². The van der Waals surface area contributed by atoms with Gasteiger partial charge in [0.05, 0.1) is 6.10 Å². The van der Waals surface area contributed by atoms with Crippen LogP contribution in [0.15, 0.2) is 71.9 Å². The number of rotatable bonds is 6. The molecule has 1 aromatic heterocycles. The fraction of sp³-hybridized carbons (Fsp3) is 0.182. The van der Waals surface area contributed by atoms with Crippen molar-refractivity contribution in [3.8, 4) is 17.1 Å². The molecule has 3 aromatic carbocycles. The summed E-state index contributed by atoms with van der Waals surface area (Å²) in [6.45, 7) is 4.00. The maximum absolute atomic E-state index is 6.29. The summed E-state index contributed by atoms with van der Waals surface area (Å²) < 4.78 is 7.31. The van der Waals surface area contributed by atoms with Crippen LogP contribution < -0.4 is 10.6 Å². The molecule has 0 saturated carbocycles. The van der Waals surface area contributed by atoms with Gasteiger partial charge in [0.1, 0.15) is 5.75 Å². The highest BCUT2D eigenvalue weighted by Crippen LogP contribution is 2.29. The zero-order valence-corrected chi connectivity index (χ0v) is 16.7. The number of hydrogen-bond acceptors (Lipinski definition) is 5. The van der Waals surface area contributed by atoms with Gasteiger partial charge < -0.3 is 10.6 Å². The highest BCUT2D eigenvalue weighted by Gasteiger charge is 2.14. The van der Waals surface area contributed by atoms with Gasteiger partial charge >= 0.3 is 0 Å². The summed E-state index contributed by atoms with van der Waals surface area (Å²) in [6.07, 6.45) is 0.109. The van der Waals surface area contributed by atoms with Crippen molar-refractivity contribution in [1.29, 1.82) is 0 Å². The van der Waals surface area contributed by atoms with E-state index < -0.39 is 0 Å². The molecular weight excluding hydrogens is 368 g/mol. The summed E-state index contributed by atoms with van der Waals surface area (Å²) in [4.78, 5) is 0. The molecule has 0 atom stereocenters. The molecule has 2 N–H and O–H groups in total. The number of ether oxygens (including phenoxy) is 1. The van der Waals surface area contributed by atoms with Gasteiger partial charge in [0.25, 0.3) is 0 Å². The van der Waals surface area contributed by atoms with E-state index in [1.807, 2.05) is 38.1 Å². The third kappa shape index (κ3) is 3.82. The van der Waals surface area contributed by atoms with Crippen molar-refractivity contribution < 1.29 is 4.74 Å². The average molecular weight is 391 g/mol. The normalized spacial score (nSPS) is 11.2. The van der Waals surface area contributed by atoms with Crippen molar-refractivity contribution >= 4 is 22.5 Å². The standard InChI is InChI=1S/C22H22N4OS/c1-15(2)27-19-11-6-9-17(13-19)21-24-25-22(26(21)23)28-14-18-10-5-8-16-7-3-4-12-20(16)18/h3-13,15H,14,23H2,1-2H3. The lowest BCUT2D eigenvalue weighted by Gasteiger charge is -2.10. The first kappa shape index (κ1) is 18.4. The first-order chi connectivity index (χ1) is 13.6. The number of aromatic nitrogens is 3. The highest BCUT2D eigenvalue weighted by molar-refractivity contribution is 7.98. The Labute approximate surface area is 168 Å². The van der Waals surface area contributed by atoms with Crippen molar-refractivity contribution in [2.24, 2.45) is 0 Å². The molecule has 0 aliphatic rings. The van der Waals surface area contributed by atoms with Crippen molar-refractivity contribution in [3.05, 3.63) is 72.3 Å². The van der Waals surface area contributed by atoms with E-state index in [1.54, 1.807) is 16.4 Å². The number of nitrogens with two attached hydrogens (primary N) is 1. The van der Waals surface area contributed by atoms with Gasteiger partial charge in [-0.15, -0.1) is 10.2 Å². The second-order valence-corrected chi connectivity index (χ2v) is 7.74. The summed E-state index contributed by atoms with van der Waals surface area (Å²) in [5.74, 6) is 8.48. The Bertz CT molecular complexity index is 1100. The highest BCUT2D eigenvalue weighted by atomic mass is 32.2. The largest absolute Gasteiger partial charge is 0.491 e.